The Morgan fingerprint density at radius 1 is 1.04 bits per heavy atom. The molecule has 1 saturated heterocycles. The molecule has 0 spiro atoms. The molecule has 0 radical (unpaired) electrons. The molecule has 2 N–H and O–H groups in total. The zero-order valence-electron chi connectivity index (χ0n) is 14.2. The van der Waals surface area contributed by atoms with Crippen LogP contribution >= 0.6 is 0 Å². The van der Waals surface area contributed by atoms with Crippen molar-refractivity contribution in [1.82, 2.24) is 4.90 Å². The van der Waals surface area contributed by atoms with E-state index in [4.69, 9.17) is 0 Å². The normalized spacial score (nSPS) is 30.4. The zero-order chi connectivity index (χ0) is 17.4. The van der Waals surface area contributed by atoms with Gasteiger partial charge in [-0.15, -0.1) is 0 Å². The lowest BCUT2D eigenvalue weighted by atomic mass is 9.90. The molecule has 25 heavy (non-hydrogen) atoms. The number of likely N-dealkylation sites (tertiary alicyclic amines) is 1. The van der Waals surface area contributed by atoms with Crippen LogP contribution in [0, 0.1) is 17.7 Å². The van der Waals surface area contributed by atoms with Crippen molar-refractivity contribution in [2.45, 2.75) is 24.5 Å². The fourth-order valence-electron chi connectivity index (χ4n) is 4.65. The minimum Gasteiger partial charge on any atom is -0.387 e. The van der Waals surface area contributed by atoms with E-state index < -0.39 is 11.7 Å². The van der Waals surface area contributed by atoms with Gasteiger partial charge in [-0.25, -0.2) is 4.39 Å². The minimum absolute atomic E-state index is 0.317. The van der Waals surface area contributed by atoms with Crippen LogP contribution in [0.5, 0.6) is 0 Å². The zero-order valence-corrected chi connectivity index (χ0v) is 14.2. The standard InChI is InChI=1S/C21H24FNO2/c22-19-8-4-5-15(9-19)20(24)14-23-12-16-10-21(25,11-17(16)13-23)18-6-2-1-3-7-18/h1-9,16-17,20,24-25H,10-14H2/t16-,17+,20?,21?. The lowest BCUT2D eigenvalue weighted by Crippen LogP contribution is -2.31. The number of benzene rings is 2. The Bertz CT molecular complexity index is 722. The van der Waals surface area contributed by atoms with Gasteiger partial charge in [0.05, 0.1) is 11.7 Å². The molecule has 0 aromatic heterocycles. The van der Waals surface area contributed by atoms with Crippen LogP contribution in [0.1, 0.15) is 30.1 Å². The SMILES string of the molecule is OC(CN1C[C@@H]2CC(O)(c3ccccc3)C[C@@H]2C1)c1cccc(F)c1. The number of hydrogen-bond acceptors (Lipinski definition) is 3. The van der Waals surface area contributed by atoms with E-state index in [9.17, 15) is 14.6 Å². The highest BCUT2D eigenvalue weighted by atomic mass is 19.1. The highest BCUT2D eigenvalue weighted by Crippen LogP contribution is 2.49. The molecule has 132 valence electrons. The number of aliphatic hydroxyl groups is 2. The first-order chi connectivity index (χ1) is 12.0. The van der Waals surface area contributed by atoms with Crippen LogP contribution in [0.2, 0.25) is 0 Å². The van der Waals surface area contributed by atoms with E-state index in [0.717, 1.165) is 31.5 Å². The molecule has 2 fully saturated rings. The quantitative estimate of drug-likeness (QED) is 0.898. The molecule has 4 atom stereocenters. The van der Waals surface area contributed by atoms with E-state index >= 15 is 0 Å². The van der Waals surface area contributed by atoms with Gasteiger partial charge < -0.3 is 10.2 Å². The van der Waals surface area contributed by atoms with Crippen LogP contribution in [0.4, 0.5) is 4.39 Å². The van der Waals surface area contributed by atoms with Gasteiger partial charge in [0, 0.05) is 19.6 Å². The Kier molecular flexibility index (Phi) is 4.36. The lowest BCUT2D eigenvalue weighted by Gasteiger charge is -2.27. The van der Waals surface area contributed by atoms with Gasteiger partial charge >= 0.3 is 0 Å². The number of fused-ring (bicyclic) bond motifs is 1. The van der Waals surface area contributed by atoms with Gasteiger partial charge in [0.25, 0.3) is 0 Å². The molecule has 1 heterocycles. The maximum absolute atomic E-state index is 13.3. The summed E-state index contributed by atoms with van der Waals surface area (Å²) in [4.78, 5) is 2.25. The summed E-state index contributed by atoms with van der Waals surface area (Å²) < 4.78 is 13.3. The molecule has 4 rings (SSSR count). The second kappa shape index (κ2) is 6.52. The van der Waals surface area contributed by atoms with Gasteiger partial charge in [-0.1, -0.05) is 42.5 Å². The number of rotatable bonds is 4. The average Bonchev–Trinajstić information content (AvgIpc) is 3.10. The van der Waals surface area contributed by atoms with Crippen LogP contribution in [0.3, 0.4) is 0 Å². The molecular formula is C21H24FNO2. The van der Waals surface area contributed by atoms with E-state index in [0.29, 0.717) is 23.9 Å². The van der Waals surface area contributed by atoms with Crippen molar-refractivity contribution in [3.8, 4) is 0 Å². The van der Waals surface area contributed by atoms with Gasteiger partial charge in [0.1, 0.15) is 5.82 Å². The Morgan fingerprint density at radius 3 is 2.36 bits per heavy atom. The number of hydrogen-bond donors (Lipinski definition) is 2. The first-order valence-corrected chi connectivity index (χ1v) is 8.97. The predicted molar refractivity (Wildman–Crippen MR) is 94.4 cm³/mol. The van der Waals surface area contributed by atoms with Crippen LogP contribution in [-0.4, -0.2) is 34.7 Å². The summed E-state index contributed by atoms with van der Waals surface area (Å²) in [7, 11) is 0. The van der Waals surface area contributed by atoms with Gasteiger partial charge in [-0.2, -0.15) is 0 Å². The predicted octanol–water partition coefficient (Wildman–Crippen LogP) is 3.09. The van der Waals surface area contributed by atoms with Crippen LogP contribution < -0.4 is 0 Å². The summed E-state index contributed by atoms with van der Waals surface area (Å²) in [5.74, 6) is 0.581. The lowest BCUT2D eigenvalue weighted by molar-refractivity contribution is 0.0288. The first-order valence-electron chi connectivity index (χ1n) is 8.97. The maximum atomic E-state index is 13.3. The fraction of sp³-hybridized carbons (Fsp3) is 0.429. The summed E-state index contributed by atoms with van der Waals surface area (Å²) in [6.07, 6.45) is 0.866. The average molecular weight is 341 g/mol. The molecule has 4 heteroatoms. The number of halogens is 1. The van der Waals surface area contributed by atoms with Gasteiger partial charge in [0.2, 0.25) is 0 Å². The highest BCUT2D eigenvalue weighted by Gasteiger charge is 2.49. The molecule has 0 bridgehead atoms. The van der Waals surface area contributed by atoms with Gasteiger partial charge in [0.15, 0.2) is 0 Å². The van der Waals surface area contributed by atoms with E-state index in [1.807, 2.05) is 30.3 Å². The Labute approximate surface area is 147 Å². The van der Waals surface area contributed by atoms with E-state index in [2.05, 4.69) is 4.90 Å². The fourth-order valence-corrected chi connectivity index (χ4v) is 4.65. The number of β-amino-alcohol motifs (C(OH)–C–C–N with tert-alkyl or cyclic N) is 1. The van der Waals surface area contributed by atoms with Crippen molar-refractivity contribution in [3.63, 3.8) is 0 Å². The number of nitrogens with zero attached hydrogens (tertiary/aromatic N) is 1. The van der Waals surface area contributed by atoms with Gasteiger partial charge in [-0.05, 0) is 47.9 Å². The smallest absolute Gasteiger partial charge is 0.123 e. The van der Waals surface area contributed by atoms with Crippen molar-refractivity contribution >= 4 is 0 Å². The Morgan fingerprint density at radius 2 is 1.72 bits per heavy atom. The second-order valence-electron chi connectivity index (χ2n) is 7.62. The number of aliphatic hydroxyl groups excluding tert-OH is 1. The topological polar surface area (TPSA) is 43.7 Å². The monoisotopic (exact) mass is 341 g/mol. The van der Waals surface area contributed by atoms with Crippen LogP contribution in [0.15, 0.2) is 54.6 Å². The summed E-state index contributed by atoms with van der Waals surface area (Å²) in [6.45, 7) is 2.28. The van der Waals surface area contributed by atoms with Crippen molar-refractivity contribution in [1.29, 1.82) is 0 Å². The summed E-state index contributed by atoms with van der Waals surface area (Å²) >= 11 is 0. The molecule has 1 aliphatic heterocycles. The second-order valence-corrected chi connectivity index (χ2v) is 7.62. The molecule has 2 aliphatic rings. The van der Waals surface area contributed by atoms with Crippen molar-refractivity contribution in [2.24, 2.45) is 11.8 Å². The van der Waals surface area contributed by atoms with E-state index in [-0.39, 0.29) is 5.82 Å². The molecular weight excluding hydrogens is 317 g/mol. The summed E-state index contributed by atoms with van der Waals surface area (Å²) in [5.41, 5.74) is 0.915. The molecule has 1 aliphatic carbocycles. The highest BCUT2D eigenvalue weighted by molar-refractivity contribution is 5.25. The van der Waals surface area contributed by atoms with Crippen LogP contribution in [0.25, 0.3) is 0 Å². The van der Waals surface area contributed by atoms with Crippen LogP contribution in [-0.2, 0) is 5.60 Å². The van der Waals surface area contributed by atoms with Crippen molar-refractivity contribution < 1.29 is 14.6 Å². The Balaban J connectivity index is 1.38. The summed E-state index contributed by atoms with van der Waals surface area (Å²) in [6, 6.07) is 16.1. The van der Waals surface area contributed by atoms with Crippen molar-refractivity contribution in [2.75, 3.05) is 19.6 Å². The molecule has 2 unspecified atom stereocenters. The third-order valence-electron chi connectivity index (χ3n) is 5.83. The third-order valence-corrected chi connectivity index (χ3v) is 5.83. The minimum atomic E-state index is -0.718. The molecule has 3 nitrogen and oxygen atoms in total. The maximum Gasteiger partial charge on any atom is 0.123 e. The van der Waals surface area contributed by atoms with Crippen molar-refractivity contribution in [3.05, 3.63) is 71.5 Å². The summed E-state index contributed by atoms with van der Waals surface area (Å²) in [5, 5.41) is 21.4. The molecule has 0 amide bonds. The molecule has 1 saturated carbocycles. The largest absolute Gasteiger partial charge is 0.387 e. The third kappa shape index (κ3) is 3.34. The molecule has 2 aromatic carbocycles. The Hall–Kier alpha value is -1.75. The van der Waals surface area contributed by atoms with E-state index in [1.54, 1.807) is 12.1 Å². The molecule has 2 aromatic rings. The van der Waals surface area contributed by atoms with Gasteiger partial charge in [-0.3, -0.25) is 4.90 Å². The van der Waals surface area contributed by atoms with E-state index in [1.165, 1.54) is 12.1 Å². The first kappa shape index (κ1) is 16.7.